The fraction of sp³-hybridized carbons (Fsp3) is 0.133. The van der Waals surface area contributed by atoms with E-state index in [4.69, 9.17) is 5.73 Å². The van der Waals surface area contributed by atoms with Crippen molar-refractivity contribution in [3.8, 4) is 6.07 Å². The van der Waals surface area contributed by atoms with Crippen LogP contribution in [-0.2, 0) is 0 Å². The molecule has 0 amide bonds. The Labute approximate surface area is 122 Å². The zero-order valence-electron chi connectivity index (χ0n) is 11.5. The van der Waals surface area contributed by atoms with Gasteiger partial charge >= 0.3 is 0 Å². The van der Waals surface area contributed by atoms with Crippen LogP contribution in [0.2, 0.25) is 0 Å². The lowest BCUT2D eigenvalue weighted by molar-refractivity contribution is 0.991. The average Bonchev–Trinajstić information content (AvgIpc) is 2.86. The van der Waals surface area contributed by atoms with Crippen LogP contribution in [0.3, 0.4) is 0 Å². The molecule has 6 heteroatoms. The van der Waals surface area contributed by atoms with Gasteiger partial charge in [0.15, 0.2) is 0 Å². The summed E-state index contributed by atoms with van der Waals surface area (Å²) in [6.45, 7) is 2.78. The quantitative estimate of drug-likeness (QED) is 0.818. The number of allylic oxidation sites excluding steroid dienone is 1. The number of rotatable bonds is 2. The van der Waals surface area contributed by atoms with Crippen LogP contribution in [0.5, 0.6) is 0 Å². The number of nitrogens with one attached hydrogen (secondary N) is 1. The van der Waals surface area contributed by atoms with Crippen LogP contribution in [0.25, 0.3) is 5.57 Å². The van der Waals surface area contributed by atoms with Crippen LogP contribution < -0.4 is 16.0 Å². The molecule has 0 radical (unpaired) electrons. The molecule has 2 heterocycles. The van der Waals surface area contributed by atoms with E-state index < -0.39 is 0 Å². The van der Waals surface area contributed by atoms with Gasteiger partial charge in [0, 0.05) is 12.7 Å². The van der Waals surface area contributed by atoms with E-state index in [-0.39, 0.29) is 5.95 Å². The summed E-state index contributed by atoms with van der Waals surface area (Å²) in [4.78, 5) is 10.1. The first-order valence-electron chi connectivity index (χ1n) is 6.61. The van der Waals surface area contributed by atoms with Gasteiger partial charge in [0.2, 0.25) is 5.95 Å². The van der Waals surface area contributed by atoms with E-state index in [0.29, 0.717) is 11.3 Å². The van der Waals surface area contributed by atoms with E-state index in [1.807, 2.05) is 36.1 Å². The molecule has 3 N–H and O–H groups in total. The maximum atomic E-state index is 9.55. The molecule has 0 fully saturated rings. The zero-order chi connectivity index (χ0) is 14.8. The summed E-state index contributed by atoms with van der Waals surface area (Å²) in [5.74, 6) is 0.874. The summed E-state index contributed by atoms with van der Waals surface area (Å²) >= 11 is 0. The molecule has 6 nitrogen and oxygen atoms in total. The van der Waals surface area contributed by atoms with Crippen LogP contribution in [-0.4, -0.2) is 16.5 Å². The predicted molar refractivity (Wildman–Crippen MR) is 82.1 cm³/mol. The highest BCUT2D eigenvalue weighted by atomic mass is 15.3. The minimum absolute atomic E-state index is 0.152. The molecule has 0 aliphatic carbocycles. The number of benzene rings is 1. The first kappa shape index (κ1) is 12.9. The van der Waals surface area contributed by atoms with Gasteiger partial charge in [-0.15, -0.1) is 0 Å². The Kier molecular flexibility index (Phi) is 3.16. The zero-order valence-corrected chi connectivity index (χ0v) is 11.5. The van der Waals surface area contributed by atoms with Gasteiger partial charge in [-0.25, -0.2) is 9.97 Å². The monoisotopic (exact) mass is 278 g/mol. The molecule has 3 rings (SSSR count). The van der Waals surface area contributed by atoms with Crippen LogP contribution in [0, 0.1) is 11.3 Å². The van der Waals surface area contributed by atoms with Gasteiger partial charge in [0.1, 0.15) is 17.5 Å². The molecule has 1 aromatic carbocycles. The molecule has 0 atom stereocenters. The molecular weight excluding hydrogens is 264 g/mol. The number of nitrogens with zero attached hydrogens (tertiary/aromatic N) is 4. The lowest BCUT2D eigenvalue weighted by atomic mass is 10.2. The molecule has 0 unspecified atom stereocenters. The van der Waals surface area contributed by atoms with E-state index >= 15 is 0 Å². The number of hydrogen-bond donors (Lipinski definition) is 2. The second-order valence-corrected chi connectivity index (χ2v) is 4.52. The van der Waals surface area contributed by atoms with Crippen LogP contribution in [0.4, 0.5) is 17.3 Å². The van der Waals surface area contributed by atoms with E-state index in [0.717, 1.165) is 23.7 Å². The maximum absolute atomic E-state index is 9.55. The number of fused-ring (bicyclic) bond motifs is 1. The first-order chi connectivity index (χ1) is 10.2. The molecule has 1 aliphatic heterocycles. The maximum Gasteiger partial charge on any atom is 0.220 e. The minimum Gasteiger partial charge on any atom is -0.368 e. The molecule has 1 aliphatic rings. The molecule has 0 bridgehead atoms. The number of para-hydroxylation sites is 2. The second kappa shape index (κ2) is 5.13. The van der Waals surface area contributed by atoms with Gasteiger partial charge in [-0.05, 0) is 25.1 Å². The van der Waals surface area contributed by atoms with Crippen molar-refractivity contribution in [2.75, 3.05) is 22.5 Å². The number of nitriles is 1. The fourth-order valence-electron chi connectivity index (χ4n) is 2.40. The Balaban J connectivity index is 2.15. The Morgan fingerprint density at radius 3 is 2.90 bits per heavy atom. The smallest absolute Gasteiger partial charge is 0.220 e. The summed E-state index contributed by atoms with van der Waals surface area (Å²) in [5.41, 5.74) is 8.59. The van der Waals surface area contributed by atoms with E-state index in [1.54, 1.807) is 12.3 Å². The summed E-state index contributed by atoms with van der Waals surface area (Å²) in [5, 5.41) is 12.8. The van der Waals surface area contributed by atoms with Crippen LogP contribution in [0.1, 0.15) is 12.6 Å². The summed E-state index contributed by atoms with van der Waals surface area (Å²) in [6, 6.07) is 11.8. The average molecular weight is 278 g/mol. The molecule has 104 valence electrons. The largest absolute Gasteiger partial charge is 0.368 e. The van der Waals surface area contributed by atoms with Crippen molar-refractivity contribution in [3.63, 3.8) is 0 Å². The van der Waals surface area contributed by atoms with Gasteiger partial charge in [0.05, 0.1) is 17.1 Å². The number of nitrogen functional groups attached to an aromatic ring is 1. The molecule has 0 saturated carbocycles. The van der Waals surface area contributed by atoms with Gasteiger partial charge in [-0.1, -0.05) is 12.1 Å². The Morgan fingerprint density at radius 2 is 2.19 bits per heavy atom. The standard InChI is InChI=1S/C15H14N6/c1-2-21-13-6-4-3-5-12(13)19-14(21)10(9-16)11-7-8-18-15(17)20-11/h3-8,19H,2H2,1H3,(H2,17,18,20). The van der Waals surface area contributed by atoms with Crippen molar-refractivity contribution in [2.45, 2.75) is 6.92 Å². The Bertz CT molecular complexity index is 759. The fourth-order valence-corrected chi connectivity index (χ4v) is 2.40. The summed E-state index contributed by atoms with van der Waals surface area (Å²) < 4.78 is 0. The van der Waals surface area contributed by atoms with E-state index in [1.165, 1.54) is 0 Å². The second-order valence-electron chi connectivity index (χ2n) is 4.52. The molecular formula is C15H14N6. The minimum atomic E-state index is 0.152. The number of nitrogens with two attached hydrogens (primary N) is 1. The third-order valence-electron chi connectivity index (χ3n) is 3.31. The molecule has 2 aromatic rings. The Morgan fingerprint density at radius 1 is 1.38 bits per heavy atom. The third kappa shape index (κ3) is 2.15. The number of hydrogen-bond acceptors (Lipinski definition) is 6. The van der Waals surface area contributed by atoms with Crippen LogP contribution >= 0.6 is 0 Å². The van der Waals surface area contributed by atoms with Gasteiger partial charge in [0.25, 0.3) is 0 Å². The number of anilines is 3. The van der Waals surface area contributed by atoms with Crippen molar-refractivity contribution < 1.29 is 0 Å². The first-order valence-corrected chi connectivity index (χ1v) is 6.61. The van der Waals surface area contributed by atoms with Gasteiger partial charge in [-0.2, -0.15) is 5.26 Å². The molecule has 0 saturated heterocycles. The van der Waals surface area contributed by atoms with Crippen LogP contribution in [0.15, 0.2) is 42.3 Å². The highest BCUT2D eigenvalue weighted by Crippen LogP contribution is 2.38. The normalized spacial score (nSPS) is 15.1. The summed E-state index contributed by atoms with van der Waals surface area (Å²) in [7, 11) is 0. The third-order valence-corrected chi connectivity index (χ3v) is 3.31. The molecule has 1 aromatic heterocycles. The SMILES string of the molecule is CCN1C(=C(C#N)c2ccnc(N)n2)Nc2ccccc21. The van der Waals surface area contributed by atoms with E-state index in [2.05, 4.69) is 21.4 Å². The van der Waals surface area contributed by atoms with Crippen molar-refractivity contribution in [1.29, 1.82) is 5.26 Å². The summed E-state index contributed by atoms with van der Waals surface area (Å²) in [6.07, 6.45) is 1.55. The van der Waals surface area contributed by atoms with Crippen molar-refractivity contribution in [2.24, 2.45) is 0 Å². The van der Waals surface area contributed by atoms with Crippen molar-refractivity contribution in [1.82, 2.24) is 9.97 Å². The number of aromatic nitrogens is 2. The highest BCUT2D eigenvalue weighted by molar-refractivity contribution is 5.90. The topological polar surface area (TPSA) is 90.9 Å². The molecule has 0 spiro atoms. The molecule has 21 heavy (non-hydrogen) atoms. The predicted octanol–water partition coefficient (Wildman–Crippen LogP) is 2.20. The van der Waals surface area contributed by atoms with Gasteiger partial charge in [-0.3, -0.25) is 0 Å². The van der Waals surface area contributed by atoms with E-state index in [9.17, 15) is 5.26 Å². The Hall–Kier alpha value is -3.07. The van der Waals surface area contributed by atoms with Crippen molar-refractivity contribution >= 4 is 22.9 Å². The lowest BCUT2D eigenvalue weighted by Crippen LogP contribution is -2.21. The highest BCUT2D eigenvalue weighted by Gasteiger charge is 2.26. The van der Waals surface area contributed by atoms with Gasteiger partial charge < -0.3 is 16.0 Å². The lowest BCUT2D eigenvalue weighted by Gasteiger charge is -2.18. The van der Waals surface area contributed by atoms with Crippen molar-refractivity contribution in [3.05, 3.63) is 48.0 Å².